The summed E-state index contributed by atoms with van der Waals surface area (Å²) in [5.41, 5.74) is 4.01. The van der Waals surface area contributed by atoms with Crippen molar-refractivity contribution >= 4 is 21.8 Å². The Morgan fingerprint density at radius 1 is 1.61 bits per heavy atom. The second kappa shape index (κ2) is 4.91. The largest absolute Gasteiger partial charge is 0.359 e. The zero-order chi connectivity index (χ0) is 13.3. The van der Waals surface area contributed by atoms with Crippen LogP contribution in [0.25, 0.3) is 0 Å². The molecule has 0 aliphatic heterocycles. The Balaban J connectivity index is 2.21. The van der Waals surface area contributed by atoms with Crippen molar-refractivity contribution in [3.8, 4) is 0 Å². The van der Waals surface area contributed by atoms with E-state index in [2.05, 4.69) is 26.2 Å². The lowest BCUT2D eigenvalue weighted by Crippen LogP contribution is -2.30. The van der Waals surface area contributed by atoms with Gasteiger partial charge < -0.3 is 4.52 Å². The monoisotopic (exact) mass is 313 g/mol. The van der Waals surface area contributed by atoms with Crippen molar-refractivity contribution < 1.29 is 9.32 Å². The van der Waals surface area contributed by atoms with Crippen molar-refractivity contribution in [3.05, 3.63) is 33.4 Å². The Morgan fingerprint density at radius 3 is 2.89 bits per heavy atom. The third kappa shape index (κ3) is 2.29. The first kappa shape index (κ1) is 12.8. The summed E-state index contributed by atoms with van der Waals surface area (Å²) in [5, 5.41) is 7.96. The van der Waals surface area contributed by atoms with Crippen molar-refractivity contribution in [3.63, 3.8) is 0 Å². The van der Waals surface area contributed by atoms with Crippen molar-refractivity contribution in [1.29, 1.82) is 0 Å². The fourth-order valence-corrected chi connectivity index (χ4v) is 1.83. The lowest BCUT2D eigenvalue weighted by molar-refractivity contribution is 0.0944. The predicted octanol–water partition coefficient (Wildman–Crippen LogP) is 0.902. The van der Waals surface area contributed by atoms with Crippen LogP contribution >= 0.6 is 15.9 Å². The molecular weight excluding hydrogens is 302 g/mol. The smallest absolute Gasteiger partial charge is 0.287 e. The van der Waals surface area contributed by atoms with Crippen LogP contribution in [0.1, 0.15) is 27.6 Å². The second-order valence-electron chi connectivity index (χ2n) is 3.79. The second-order valence-corrected chi connectivity index (χ2v) is 4.59. The SMILES string of the molecule is Cc1nn(Cc2cc(C(=O)NN)no2)c(C)c1Br. The first-order chi connectivity index (χ1) is 8.52. The summed E-state index contributed by atoms with van der Waals surface area (Å²) in [6.07, 6.45) is 0. The van der Waals surface area contributed by atoms with Crippen LogP contribution < -0.4 is 11.3 Å². The van der Waals surface area contributed by atoms with E-state index in [4.69, 9.17) is 10.4 Å². The minimum Gasteiger partial charge on any atom is -0.359 e. The summed E-state index contributed by atoms with van der Waals surface area (Å²) in [4.78, 5) is 11.2. The number of aryl methyl sites for hydroxylation is 1. The molecule has 2 aromatic rings. The predicted molar refractivity (Wildman–Crippen MR) is 66.7 cm³/mol. The third-order valence-corrected chi connectivity index (χ3v) is 3.67. The number of carbonyl (C=O) groups excluding carboxylic acids is 1. The molecule has 2 rings (SSSR count). The van der Waals surface area contributed by atoms with Gasteiger partial charge in [-0.3, -0.25) is 14.9 Å². The van der Waals surface area contributed by atoms with E-state index in [9.17, 15) is 4.79 Å². The van der Waals surface area contributed by atoms with Gasteiger partial charge in [0.25, 0.3) is 5.91 Å². The maximum Gasteiger partial charge on any atom is 0.287 e. The number of carbonyl (C=O) groups is 1. The molecule has 0 radical (unpaired) electrons. The normalized spacial score (nSPS) is 10.7. The average Bonchev–Trinajstić information content (AvgIpc) is 2.91. The number of nitrogens with one attached hydrogen (secondary N) is 1. The number of hydrazine groups is 1. The Kier molecular flexibility index (Phi) is 3.48. The van der Waals surface area contributed by atoms with Crippen molar-refractivity contribution in [2.45, 2.75) is 20.4 Å². The molecule has 0 bridgehead atoms. The molecule has 96 valence electrons. The number of hydrogen-bond donors (Lipinski definition) is 2. The first-order valence-electron chi connectivity index (χ1n) is 5.19. The highest BCUT2D eigenvalue weighted by Gasteiger charge is 2.14. The van der Waals surface area contributed by atoms with E-state index >= 15 is 0 Å². The van der Waals surface area contributed by atoms with Crippen molar-refractivity contribution in [1.82, 2.24) is 20.4 Å². The van der Waals surface area contributed by atoms with Gasteiger partial charge >= 0.3 is 0 Å². The van der Waals surface area contributed by atoms with Crippen LogP contribution in [-0.4, -0.2) is 20.8 Å². The minimum absolute atomic E-state index is 0.146. The van der Waals surface area contributed by atoms with E-state index in [1.165, 1.54) is 6.07 Å². The molecule has 0 saturated heterocycles. The van der Waals surface area contributed by atoms with Gasteiger partial charge in [0.15, 0.2) is 11.5 Å². The molecule has 3 N–H and O–H groups in total. The maximum atomic E-state index is 11.2. The van der Waals surface area contributed by atoms with Crippen molar-refractivity contribution in [2.24, 2.45) is 5.84 Å². The number of nitrogens with zero attached hydrogens (tertiary/aromatic N) is 3. The molecule has 0 aliphatic carbocycles. The molecule has 2 heterocycles. The van der Waals surface area contributed by atoms with E-state index in [-0.39, 0.29) is 5.69 Å². The minimum atomic E-state index is -0.487. The van der Waals surface area contributed by atoms with Crippen LogP contribution in [0.3, 0.4) is 0 Å². The summed E-state index contributed by atoms with van der Waals surface area (Å²) in [5.74, 6) is 5.06. The number of halogens is 1. The topological polar surface area (TPSA) is 99.0 Å². The summed E-state index contributed by atoms with van der Waals surface area (Å²) in [7, 11) is 0. The summed E-state index contributed by atoms with van der Waals surface area (Å²) < 4.78 is 7.78. The Hall–Kier alpha value is -1.67. The Morgan fingerprint density at radius 2 is 2.33 bits per heavy atom. The van der Waals surface area contributed by atoms with Gasteiger partial charge in [-0.05, 0) is 29.8 Å². The van der Waals surface area contributed by atoms with E-state index in [0.29, 0.717) is 12.3 Å². The standard InChI is InChI=1S/C10H12BrN5O2/c1-5-9(11)6(2)16(14-5)4-7-3-8(15-18-7)10(17)13-12/h3H,4,12H2,1-2H3,(H,13,17). The Bertz CT molecular complexity index is 589. The number of nitrogens with two attached hydrogens (primary N) is 1. The molecule has 1 amide bonds. The van der Waals surface area contributed by atoms with Crippen LogP contribution in [0.2, 0.25) is 0 Å². The van der Waals surface area contributed by atoms with Crippen molar-refractivity contribution in [2.75, 3.05) is 0 Å². The van der Waals surface area contributed by atoms with Gasteiger partial charge in [-0.2, -0.15) is 5.10 Å². The van der Waals surface area contributed by atoms with Gasteiger partial charge in [-0.15, -0.1) is 0 Å². The van der Waals surface area contributed by atoms with Crippen LogP contribution in [0.4, 0.5) is 0 Å². The highest BCUT2D eigenvalue weighted by atomic mass is 79.9. The number of amides is 1. The van der Waals surface area contributed by atoms with Gasteiger partial charge in [0.1, 0.15) is 6.54 Å². The zero-order valence-electron chi connectivity index (χ0n) is 9.90. The molecule has 0 unspecified atom stereocenters. The lowest BCUT2D eigenvalue weighted by Gasteiger charge is -1.99. The first-order valence-corrected chi connectivity index (χ1v) is 5.98. The number of hydrogen-bond acceptors (Lipinski definition) is 5. The number of nitrogen functional groups attached to an aromatic ring is 1. The molecule has 7 nitrogen and oxygen atoms in total. The van der Waals surface area contributed by atoms with Crippen LogP contribution in [0.15, 0.2) is 15.1 Å². The fraction of sp³-hybridized carbons (Fsp3) is 0.300. The average molecular weight is 314 g/mol. The lowest BCUT2D eigenvalue weighted by atomic mass is 10.3. The fourth-order valence-electron chi connectivity index (χ4n) is 1.55. The molecule has 0 fully saturated rings. The van der Waals surface area contributed by atoms with Gasteiger partial charge in [0, 0.05) is 6.07 Å². The van der Waals surface area contributed by atoms with Gasteiger partial charge in [-0.1, -0.05) is 5.16 Å². The molecule has 0 spiro atoms. The van der Waals surface area contributed by atoms with Crippen LogP contribution in [0, 0.1) is 13.8 Å². The molecule has 0 saturated carbocycles. The Labute approximate surface area is 111 Å². The van der Waals surface area contributed by atoms with E-state index in [1.807, 2.05) is 19.3 Å². The molecule has 0 aliphatic rings. The quantitative estimate of drug-likeness (QED) is 0.498. The highest BCUT2D eigenvalue weighted by Crippen LogP contribution is 2.20. The molecule has 18 heavy (non-hydrogen) atoms. The number of rotatable bonds is 3. The summed E-state index contributed by atoms with van der Waals surface area (Å²) in [6.45, 7) is 4.25. The van der Waals surface area contributed by atoms with Gasteiger partial charge in [0.05, 0.1) is 15.9 Å². The van der Waals surface area contributed by atoms with E-state index < -0.39 is 5.91 Å². The summed E-state index contributed by atoms with van der Waals surface area (Å²) in [6, 6.07) is 1.53. The molecule has 0 aromatic carbocycles. The van der Waals surface area contributed by atoms with E-state index in [0.717, 1.165) is 15.9 Å². The zero-order valence-corrected chi connectivity index (χ0v) is 11.5. The van der Waals surface area contributed by atoms with Crippen LogP contribution in [0.5, 0.6) is 0 Å². The molecule has 0 atom stereocenters. The molecular formula is C10H12BrN5O2. The van der Waals surface area contributed by atoms with Gasteiger partial charge in [0.2, 0.25) is 0 Å². The third-order valence-electron chi connectivity index (χ3n) is 2.52. The maximum absolute atomic E-state index is 11.2. The van der Waals surface area contributed by atoms with Gasteiger partial charge in [-0.25, -0.2) is 5.84 Å². The van der Waals surface area contributed by atoms with E-state index in [1.54, 1.807) is 4.68 Å². The summed E-state index contributed by atoms with van der Waals surface area (Å²) >= 11 is 3.44. The number of aromatic nitrogens is 3. The molecule has 8 heteroatoms. The van der Waals surface area contributed by atoms with Crippen LogP contribution in [-0.2, 0) is 6.54 Å². The highest BCUT2D eigenvalue weighted by molar-refractivity contribution is 9.10. The molecule has 2 aromatic heterocycles.